The predicted octanol–water partition coefficient (Wildman–Crippen LogP) is 2.92. The maximum Gasteiger partial charge on any atom is 0.335 e. The van der Waals surface area contributed by atoms with E-state index in [1.807, 2.05) is 0 Å². The molecule has 1 fully saturated rings. The van der Waals surface area contributed by atoms with Crippen LogP contribution in [0.5, 0.6) is 0 Å². The van der Waals surface area contributed by atoms with Gasteiger partial charge in [-0.2, -0.15) is 0 Å². The molecule has 7 nitrogen and oxygen atoms in total. The second-order valence-corrected chi connectivity index (χ2v) is 6.57. The summed E-state index contributed by atoms with van der Waals surface area (Å²) in [6.07, 6.45) is 0. The summed E-state index contributed by atoms with van der Waals surface area (Å²) in [4.78, 5) is 50.3. The topological polar surface area (TPSA) is 86.8 Å². The number of carbonyl (C=O) groups is 4. The average molecular weight is 406 g/mol. The van der Waals surface area contributed by atoms with Gasteiger partial charge in [0.05, 0.1) is 17.3 Å². The van der Waals surface area contributed by atoms with E-state index < -0.39 is 30.3 Å². The van der Waals surface area contributed by atoms with E-state index in [1.165, 1.54) is 12.1 Å². The zero-order chi connectivity index (χ0) is 19.6. The van der Waals surface area contributed by atoms with Crippen LogP contribution in [0.4, 0.5) is 10.5 Å². The number of amides is 5. The molecule has 1 saturated heterocycles. The average Bonchev–Trinajstić information content (AvgIpc) is 2.84. The van der Waals surface area contributed by atoms with Crippen molar-refractivity contribution >= 4 is 52.6 Å². The van der Waals surface area contributed by atoms with Crippen LogP contribution in [-0.2, 0) is 20.9 Å². The van der Waals surface area contributed by atoms with Gasteiger partial charge in [0.15, 0.2) is 0 Å². The fourth-order valence-corrected chi connectivity index (χ4v) is 2.86. The van der Waals surface area contributed by atoms with Crippen LogP contribution in [0.1, 0.15) is 5.56 Å². The molecule has 3 rings (SSSR count). The van der Waals surface area contributed by atoms with Crippen LogP contribution in [-0.4, -0.2) is 40.1 Å². The highest BCUT2D eigenvalue weighted by molar-refractivity contribution is 6.45. The van der Waals surface area contributed by atoms with Crippen molar-refractivity contribution < 1.29 is 19.2 Å². The van der Waals surface area contributed by atoms with Gasteiger partial charge >= 0.3 is 17.8 Å². The first kappa shape index (κ1) is 18.9. The molecule has 0 bridgehead atoms. The predicted molar refractivity (Wildman–Crippen MR) is 99.2 cm³/mol. The standard InChI is InChI=1S/C18H13Cl2N3O4/c19-12-6-7-13(20)14(8-12)21-15(24)10-23-17(26)16(25)22(18(23)27)9-11-4-2-1-3-5-11/h1-8H,9-10H2,(H,21,24). The monoisotopic (exact) mass is 405 g/mol. The third kappa shape index (κ3) is 4.10. The molecule has 5 amide bonds. The van der Waals surface area contributed by atoms with E-state index in [2.05, 4.69) is 5.32 Å². The maximum absolute atomic E-state index is 12.4. The van der Waals surface area contributed by atoms with Gasteiger partial charge in [0.2, 0.25) is 5.91 Å². The molecule has 0 aliphatic carbocycles. The van der Waals surface area contributed by atoms with Gasteiger partial charge in [0, 0.05) is 5.02 Å². The third-order valence-electron chi connectivity index (χ3n) is 3.82. The van der Waals surface area contributed by atoms with E-state index in [0.717, 1.165) is 4.90 Å². The van der Waals surface area contributed by atoms with Crippen LogP contribution < -0.4 is 5.32 Å². The van der Waals surface area contributed by atoms with Crippen molar-refractivity contribution in [1.82, 2.24) is 9.80 Å². The molecule has 0 saturated carbocycles. The summed E-state index contributed by atoms with van der Waals surface area (Å²) in [5.74, 6) is -2.71. The van der Waals surface area contributed by atoms with Gasteiger partial charge in [-0.3, -0.25) is 19.3 Å². The highest BCUT2D eigenvalue weighted by Crippen LogP contribution is 2.25. The van der Waals surface area contributed by atoms with Crippen LogP contribution in [0.15, 0.2) is 48.5 Å². The van der Waals surface area contributed by atoms with Crippen LogP contribution in [0.25, 0.3) is 0 Å². The molecule has 9 heteroatoms. The van der Waals surface area contributed by atoms with Gasteiger partial charge in [-0.05, 0) is 23.8 Å². The van der Waals surface area contributed by atoms with E-state index in [9.17, 15) is 19.2 Å². The van der Waals surface area contributed by atoms with Gasteiger partial charge < -0.3 is 5.32 Å². The van der Waals surface area contributed by atoms with Crippen molar-refractivity contribution in [2.45, 2.75) is 6.54 Å². The Balaban J connectivity index is 1.70. The molecule has 0 unspecified atom stereocenters. The Morgan fingerprint density at radius 1 is 0.926 bits per heavy atom. The summed E-state index contributed by atoms with van der Waals surface area (Å²) < 4.78 is 0. The first-order valence-electron chi connectivity index (χ1n) is 7.83. The first-order valence-corrected chi connectivity index (χ1v) is 8.58. The second-order valence-electron chi connectivity index (χ2n) is 5.72. The summed E-state index contributed by atoms with van der Waals surface area (Å²) in [6.45, 7) is -0.667. The van der Waals surface area contributed by atoms with Gasteiger partial charge in [0.25, 0.3) is 0 Å². The molecular weight excluding hydrogens is 393 g/mol. The molecule has 0 spiro atoms. The Kier molecular flexibility index (Phi) is 5.43. The Hall–Kier alpha value is -2.90. The van der Waals surface area contributed by atoms with E-state index in [4.69, 9.17) is 23.2 Å². The molecule has 138 valence electrons. The van der Waals surface area contributed by atoms with Gasteiger partial charge in [0.1, 0.15) is 6.54 Å². The quantitative estimate of drug-likeness (QED) is 0.611. The lowest BCUT2D eigenvalue weighted by atomic mass is 10.2. The number of nitrogens with zero attached hydrogens (tertiary/aromatic N) is 2. The molecule has 0 aromatic heterocycles. The highest BCUT2D eigenvalue weighted by Gasteiger charge is 2.45. The fourth-order valence-electron chi connectivity index (χ4n) is 2.52. The molecule has 1 N–H and O–H groups in total. The summed E-state index contributed by atoms with van der Waals surface area (Å²) >= 11 is 11.8. The van der Waals surface area contributed by atoms with E-state index in [1.54, 1.807) is 36.4 Å². The molecule has 27 heavy (non-hydrogen) atoms. The zero-order valence-corrected chi connectivity index (χ0v) is 15.3. The molecule has 0 radical (unpaired) electrons. The Morgan fingerprint density at radius 2 is 1.59 bits per heavy atom. The van der Waals surface area contributed by atoms with Crippen molar-refractivity contribution in [3.63, 3.8) is 0 Å². The van der Waals surface area contributed by atoms with E-state index >= 15 is 0 Å². The molecule has 2 aromatic carbocycles. The zero-order valence-electron chi connectivity index (χ0n) is 13.8. The minimum Gasteiger partial charge on any atom is -0.323 e. The lowest BCUT2D eigenvalue weighted by Gasteiger charge is -2.15. The SMILES string of the molecule is O=C(CN1C(=O)C(=O)N(Cc2ccccc2)C1=O)Nc1cc(Cl)ccc1Cl. The number of carbonyl (C=O) groups excluding carboxylic acids is 4. The van der Waals surface area contributed by atoms with Gasteiger partial charge in [-0.1, -0.05) is 53.5 Å². The normalized spacial score (nSPS) is 14.1. The number of anilines is 1. The lowest BCUT2D eigenvalue weighted by Crippen LogP contribution is -2.38. The largest absolute Gasteiger partial charge is 0.335 e. The Morgan fingerprint density at radius 3 is 2.30 bits per heavy atom. The van der Waals surface area contributed by atoms with Crippen LogP contribution in [0, 0.1) is 0 Å². The van der Waals surface area contributed by atoms with Crippen molar-refractivity contribution in [1.29, 1.82) is 0 Å². The third-order valence-corrected chi connectivity index (χ3v) is 4.39. The number of hydrogen-bond donors (Lipinski definition) is 1. The van der Waals surface area contributed by atoms with Crippen LogP contribution in [0.2, 0.25) is 10.0 Å². The smallest absolute Gasteiger partial charge is 0.323 e. The number of rotatable bonds is 5. The van der Waals surface area contributed by atoms with E-state index in [0.29, 0.717) is 15.5 Å². The number of nitrogens with one attached hydrogen (secondary N) is 1. The van der Waals surface area contributed by atoms with Crippen LogP contribution in [0.3, 0.4) is 0 Å². The number of urea groups is 1. The lowest BCUT2D eigenvalue weighted by molar-refractivity contribution is -0.143. The highest BCUT2D eigenvalue weighted by atomic mass is 35.5. The molecule has 2 aromatic rings. The minimum atomic E-state index is -1.05. The molecular formula is C18H13Cl2N3O4. The maximum atomic E-state index is 12.4. The van der Waals surface area contributed by atoms with Gasteiger partial charge in [-0.25, -0.2) is 9.69 Å². The van der Waals surface area contributed by atoms with Crippen molar-refractivity contribution in [2.24, 2.45) is 0 Å². The van der Waals surface area contributed by atoms with Crippen molar-refractivity contribution in [3.8, 4) is 0 Å². The fraction of sp³-hybridized carbons (Fsp3) is 0.111. The van der Waals surface area contributed by atoms with E-state index in [-0.39, 0.29) is 17.3 Å². The summed E-state index contributed by atoms with van der Waals surface area (Å²) in [7, 11) is 0. The van der Waals surface area contributed by atoms with Crippen LogP contribution >= 0.6 is 23.2 Å². The molecule has 1 heterocycles. The molecule has 0 atom stereocenters. The molecule has 1 aliphatic rings. The Labute approximate surface area is 164 Å². The number of imide groups is 2. The number of hydrogen-bond acceptors (Lipinski definition) is 4. The van der Waals surface area contributed by atoms with Crippen molar-refractivity contribution in [2.75, 3.05) is 11.9 Å². The number of benzene rings is 2. The summed E-state index contributed by atoms with van der Waals surface area (Å²) in [5.41, 5.74) is 0.921. The second kappa shape index (κ2) is 7.77. The summed E-state index contributed by atoms with van der Waals surface area (Å²) in [6, 6.07) is 12.4. The first-order chi connectivity index (χ1) is 12.9. The molecule has 1 aliphatic heterocycles. The number of halogens is 2. The van der Waals surface area contributed by atoms with Crippen molar-refractivity contribution in [3.05, 3.63) is 64.1 Å². The minimum absolute atomic E-state index is 0.0531. The summed E-state index contributed by atoms with van der Waals surface area (Å²) in [5, 5.41) is 3.07. The van der Waals surface area contributed by atoms with Gasteiger partial charge in [-0.15, -0.1) is 0 Å². The Bertz CT molecular complexity index is 933.